The van der Waals surface area contributed by atoms with E-state index in [2.05, 4.69) is 118 Å². The molecule has 1 aliphatic rings. The molecule has 0 N–H and O–H groups in total. The van der Waals surface area contributed by atoms with Gasteiger partial charge in [0.2, 0.25) is 0 Å². The van der Waals surface area contributed by atoms with E-state index < -0.39 is 0 Å². The van der Waals surface area contributed by atoms with E-state index >= 15 is 0 Å². The van der Waals surface area contributed by atoms with Crippen LogP contribution in [0.15, 0.2) is 48.5 Å². The Morgan fingerprint density at radius 2 is 0.837 bits per heavy atom. The van der Waals surface area contributed by atoms with Gasteiger partial charge in [-0.3, -0.25) is 0 Å². The van der Waals surface area contributed by atoms with Crippen molar-refractivity contribution >= 4 is 31.1 Å². The Balaban J connectivity index is -0.000000271. The summed E-state index contributed by atoms with van der Waals surface area (Å²) in [6, 6.07) is 21.7. The van der Waals surface area contributed by atoms with E-state index in [0.717, 1.165) is 0 Å². The topological polar surface area (TPSA) is 0 Å². The summed E-state index contributed by atoms with van der Waals surface area (Å²) in [4.78, 5) is 0. The maximum absolute atomic E-state index is 2.39. The summed E-state index contributed by atoms with van der Waals surface area (Å²) in [6.07, 6.45) is 3.02. The molecule has 0 saturated carbocycles. The van der Waals surface area contributed by atoms with Crippen LogP contribution in [0, 0.1) is 43.6 Å². The molecule has 0 atom stereocenters. The molecule has 1 saturated heterocycles. The number of hydrogen-bond donors (Lipinski definition) is 0. The van der Waals surface area contributed by atoms with Gasteiger partial charge in [-0.1, -0.05) is 129 Å². The number of fused-ring (bicyclic) bond motifs is 2. The predicted octanol–water partition coefficient (Wildman–Crippen LogP) is 13.3. The quantitative estimate of drug-likeness (QED) is 0.150. The summed E-state index contributed by atoms with van der Waals surface area (Å²) < 4.78 is 0. The SMILES string of the molecule is C1CC[Si]C1.Cc1cc2c(C(C)C)cc(C(C)C)cc2[cH-]1.Cc1cc2c(C(C)C)cc(C(C)C)cc2[cH-]1.[CH3-].[CH3-].[CH3-].[CH3-].[Ti+3].[Ti+3]. The van der Waals surface area contributed by atoms with Gasteiger partial charge in [0.1, 0.15) is 0 Å². The fourth-order valence-electron chi connectivity index (χ4n) is 5.29. The normalized spacial score (nSPS) is 11.7. The third-order valence-corrected chi connectivity index (χ3v) is 8.99. The van der Waals surface area contributed by atoms with Crippen LogP contribution in [-0.4, -0.2) is 9.52 Å². The zero-order valence-corrected chi connectivity index (χ0v) is 34.4. The van der Waals surface area contributed by atoms with Crippen molar-refractivity contribution in [2.24, 2.45) is 0 Å². The molecule has 0 aromatic heterocycles. The molecule has 43 heavy (non-hydrogen) atoms. The van der Waals surface area contributed by atoms with Gasteiger partial charge in [-0.25, -0.2) is 0 Å². The van der Waals surface area contributed by atoms with Crippen LogP contribution in [0.5, 0.6) is 0 Å². The molecule has 4 aromatic rings. The molecule has 4 aromatic carbocycles. The van der Waals surface area contributed by atoms with Gasteiger partial charge in [0.15, 0.2) is 0 Å². The Bertz CT molecular complexity index is 1180. The molecule has 234 valence electrons. The van der Waals surface area contributed by atoms with Gasteiger partial charge >= 0.3 is 43.4 Å². The molecule has 1 aliphatic heterocycles. The minimum Gasteiger partial charge on any atom is -0.358 e. The van der Waals surface area contributed by atoms with Crippen molar-refractivity contribution in [1.82, 2.24) is 0 Å². The summed E-state index contributed by atoms with van der Waals surface area (Å²) in [5.74, 6) is 2.42. The van der Waals surface area contributed by atoms with Gasteiger partial charge in [0, 0.05) is 9.52 Å². The molecule has 3 heteroatoms. The van der Waals surface area contributed by atoms with Crippen molar-refractivity contribution < 1.29 is 43.4 Å². The molecule has 4 radical (unpaired) electrons. The van der Waals surface area contributed by atoms with Crippen LogP contribution in [0.3, 0.4) is 0 Å². The largest absolute Gasteiger partial charge is 3.00 e. The maximum Gasteiger partial charge on any atom is 3.00 e. The Kier molecular flexibility index (Phi) is 26.0. The van der Waals surface area contributed by atoms with E-state index in [1.807, 2.05) is 0 Å². The fraction of sp³-hybridized carbons (Fsp3) is 0.450. The molecule has 1 fully saturated rings. The molecule has 5 rings (SSSR count). The molecule has 0 bridgehead atoms. The van der Waals surface area contributed by atoms with E-state index in [-0.39, 0.29) is 73.1 Å². The van der Waals surface area contributed by atoms with E-state index in [1.165, 1.54) is 89.4 Å². The number of benzene rings is 2. The molecule has 1 heterocycles. The summed E-state index contributed by atoms with van der Waals surface area (Å²) >= 11 is 0. The van der Waals surface area contributed by atoms with Crippen molar-refractivity contribution in [3.63, 3.8) is 0 Å². The molecular weight excluding hydrogens is 604 g/mol. The van der Waals surface area contributed by atoms with Crippen molar-refractivity contribution in [1.29, 1.82) is 0 Å². The van der Waals surface area contributed by atoms with Crippen LogP contribution in [0.1, 0.15) is 125 Å². The fourth-order valence-corrected chi connectivity index (χ4v) is 6.54. The van der Waals surface area contributed by atoms with Gasteiger partial charge in [0.25, 0.3) is 0 Å². The third kappa shape index (κ3) is 13.7. The smallest absolute Gasteiger partial charge is 0.358 e. The average Bonchev–Trinajstić information content (AvgIpc) is 3.58. The first-order valence-electron chi connectivity index (χ1n) is 14.6. The van der Waals surface area contributed by atoms with Gasteiger partial charge < -0.3 is 29.7 Å². The first-order valence-corrected chi connectivity index (χ1v) is 16.0. The number of aryl methyl sites for hydroxylation is 2. The van der Waals surface area contributed by atoms with Crippen LogP contribution in [0.25, 0.3) is 21.5 Å². The Morgan fingerprint density at radius 1 is 0.512 bits per heavy atom. The summed E-state index contributed by atoms with van der Waals surface area (Å²) in [5, 5.41) is 5.70. The third-order valence-electron chi connectivity index (χ3n) is 7.58. The Labute approximate surface area is 301 Å². The minimum absolute atomic E-state index is 0. The molecule has 0 amide bonds. The standard InChI is InChI=1S/2C16H21.C4H8Si.4CH3.2Ti/c2*1-10(2)13-8-14-6-12(5)7-16(14)15(9-13)11(3)4;1-2-4-5-3-1;;;;;;/h2*6-11H,1-5H3;1-4H2;4*1H3;;/q2*-1;;4*-1;2*+3. The van der Waals surface area contributed by atoms with Crippen LogP contribution in [-0.2, 0) is 43.4 Å². The predicted molar refractivity (Wildman–Crippen MR) is 195 cm³/mol. The maximum atomic E-state index is 2.39. The van der Waals surface area contributed by atoms with E-state index in [1.54, 1.807) is 0 Å². The average molecular weight is 667 g/mol. The minimum atomic E-state index is 0. The van der Waals surface area contributed by atoms with Crippen LogP contribution in [0.4, 0.5) is 0 Å². The van der Waals surface area contributed by atoms with E-state index in [4.69, 9.17) is 0 Å². The summed E-state index contributed by atoms with van der Waals surface area (Å²) in [6.45, 7) is 22.5. The van der Waals surface area contributed by atoms with E-state index in [0.29, 0.717) is 23.7 Å². The zero-order chi connectivity index (χ0) is 27.3. The van der Waals surface area contributed by atoms with Crippen LogP contribution >= 0.6 is 0 Å². The zero-order valence-electron chi connectivity index (χ0n) is 30.3. The van der Waals surface area contributed by atoms with Gasteiger partial charge in [-0.05, 0) is 23.7 Å². The second-order valence-electron chi connectivity index (χ2n) is 12.4. The summed E-state index contributed by atoms with van der Waals surface area (Å²) in [5.41, 5.74) is 8.66. The second-order valence-corrected chi connectivity index (χ2v) is 13.9. The monoisotopic (exact) mass is 666 g/mol. The number of hydrogen-bond acceptors (Lipinski definition) is 0. The molecule has 0 aliphatic carbocycles. The summed E-state index contributed by atoms with van der Waals surface area (Å²) in [7, 11) is 1.31. The van der Waals surface area contributed by atoms with Crippen molar-refractivity contribution in [3.05, 3.63) is 112 Å². The molecule has 0 spiro atoms. The molecule has 0 unspecified atom stereocenters. The Hall–Kier alpha value is -0.695. The van der Waals surface area contributed by atoms with Gasteiger partial charge in [-0.15, -0.1) is 56.9 Å². The first-order chi connectivity index (χ1) is 17.5. The Morgan fingerprint density at radius 3 is 1.07 bits per heavy atom. The first kappa shape index (κ1) is 49.2. The van der Waals surface area contributed by atoms with Gasteiger partial charge in [0.05, 0.1) is 0 Å². The van der Waals surface area contributed by atoms with Crippen molar-refractivity contribution in [2.45, 2.75) is 118 Å². The van der Waals surface area contributed by atoms with Crippen LogP contribution < -0.4 is 0 Å². The van der Waals surface area contributed by atoms with Crippen molar-refractivity contribution in [2.75, 3.05) is 0 Å². The molecular formula is C40H62SiTi2. The van der Waals surface area contributed by atoms with Gasteiger partial charge in [-0.2, -0.15) is 12.1 Å². The van der Waals surface area contributed by atoms with Crippen molar-refractivity contribution in [3.8, 4) is 0 Å². The second kappa shape index (κ2) is 22.8. The van der Waals surface area contributed by atoms with Crippen LogP contribution in [0.2, 0.25) is 12.1 Å². The number of rotatable bonds is 4. The van der Waals surface area contributed by atoms with E-state index in [9.17, 15) is 0 Å². The molecule has 0 nitrogen and oxygen atoms in total.